The number of benzene rings is 2. The van der Waals surface area contributed by atoms with E-state index in [9.17, 15) is 9.50 Å². The minimum absolute atomic E-state index is 0.280. The summed E-state index contributed by atoms with van der Waals surface area (Å²) in [6.45, 7) is 2.77. The molecule has 20 heavy (non-hydrogen) atoms. The van der Waals surface area contributed by atoms with E-state index in [-0.39, 0.29) is 5.75 Å². The minimum atomic E-state index is -0.540. The smallest absolute Gasteiger partial charge is 0.165 e. The number of phenolic OH excluding ortho intramolecular Hbond substituents is 1. The first-order valence-corrected chi connectivity index (χ1v) is 6.97. The van der Waals surface area contributed by atoms with Crippen LogP contribution in [0.25, 0.3) is 0 Å². The van der Waals surface area contributed by atoms with Crippen molar-refractivity contribution in [3.05, 3.63) is 65.5 Å². The van der Waals surface area contributed by atoms with Crippen LogP contribution in [0.2, 0.25) is 0 Å². The van der Waals surface area contributed by atoms with Crippen molar-refractivity contribution in [2.24, 2.45) is 0 Å². The Hall–Kier alpha value is -1.87. The third-order valence-electron chi connectivity index (χ3n) is 3.96. The fraction of sp³-hybridized carbons (Fsp3) is 0.294. The zero-order valence-corrected chi connectivity index (χ0v) is 11.3. The van der Waals surface area contributed by atoms with Crippen LogP contribution < -0.4 is 0 Å². The summed E-state index contributed by atoms with van der Waals surface area (Å²) >= 11 is 0. The van der Waals surface area contributed by atoms with E-state index in [0.717, 1.165) is 31.6 Å². The summed E-state index contributed by atoms with van der Waals surface area (Å²) in [6, 6.07) is 15.2. The number of phenols is 1. The van der Waals surface area contributed by atoms with Crippen LogP contribution >= 0.6 is 0 Å². The molecule has 1 heterocycles. The molecule has 104 valence electrons. The first-order valence-electron chi connectivity index (χ1n) is 6.97. The summed E-state index contributed by atoms with van der Waals surface area (Å²) in [7, 11) is 0. The van der Waals surface area contributed by atoms with Crippen molar-refractivity contribution < 1.29 is 9.50 Å². The van der Waals surface area contributed by atoms with Gasteiger partial charge in [0.25, 0.3) is 0 Å². The molecule has 2 aromatic carbocycles. The van der Waals surface area contributed by atoms with Gasteiger partial charge in [0.15, 0.2) is 11.6 Å². The highest BCUT2D eigenvalue weighted by molar-refractivity contribution is 5.28. The van der Waals surface area contributed by atoms with Gasteiger partial charge in [-0.1, -0.05) is 36.4 Å². The normalized spacial score (nSPS) is 19.4. The molecule has 0 aliphatic carbocycles. The van der Waals surface area contributed by atoms with Crippen molar-refractivity contribution in [2.75, 3.05) is 13.1 Å². The average molecular weight is 271 g/mol. The molecule has 1 N–H and O–H groups in total. The standard InChI is InChI=1S/C17H18FNO/c18-16-10-13(6-7-17(16)20)11-19-9-8-15(12-19)14-4-2-1-3-5-14/h1-7,10,15,20H,8-9,11-12H2. The summed E-state index contributed by atoms with van der Waals surface area (Å²) in [5.41, 5.74) is 2.29. The first-order chi connectivity index (χ1) is 9.72. The Morgan fingerprint density at radius 2 is 1.95 bits per heavy atom. The number of rotatable bonds is 3. The molecule has 0 amide bonds. The van der Waals surface area contributed by atoms with Crippen molar-refractivity contribution in [1.82, 2.24) is 4.90 Å². The van der Waals surface area contributed by atoms with Crippen LogP contribution in [-0.4, -0.2) is 23.1 Å². The van der Waals surface area contributed by atoms with E-state index in [1.165, 1.54) is 17.7 Å². The highest BCUT2D eigenvalue weighted by atomic mass is 19.1. The summed E-state index contributed by atoms with van der Waals surface area (Å²) < 4.78 is 13.3. The van der Waals surface area contributed by atoms with E-state index in [1.54, 1.807) is 6.07 Å². The molecule has 2 nitrogen and oxygen atoms in total. The highest BCUT2D eigenvalue weighted by Gasteiger charge is 2.23. The largest absolute Gasteiger partial charge is 0.505 e. The van der Waals surface area contributed by atoms with Crippen molar-refractivity contribution in [3.63, 3.8) is 0 Å². The number of hydrogen-bond acceptors (Lipinski definition) is 2. The molecular formula is C17H18FNO. The molecule has 1 atom stereocenters. The molecule has 3 heteroatoms. The Labute approximate surface area is 118 Å². The molecule has 1 unspecified atom stereocenters. The third-order valence-corrected chi connectivity index (χ3v) is 3.96. The molecule has 0 saturated carbocycles. The third kappa shape index (κ3) is 2.83. The predicted molar refractivity (Wildman–Crippen MR) is 77.1 cm³/mol. The van der Waals surface area contributed by atoms with Gasteiger partial charge >= 0.3 is 0 Å². The second-order valence-corrected chi connectivity index (χ2v) is 5.42. The van der Waals surface area contributed by atoms with E-state index in [1.807, 2.05) is 6.07 Å². The Kier molecular flexibility index (Phi) is 3.70. The van der Waals surface area contributed by atoms with Crippen LogP contribution in [0.1, 0.15) is 23.5 Å². The van der Waals surface area contributed by atoms with Gasteiger partial charge < -0.3 is 5.11 Å². The molecular weight excluding hydrogens is 253 g/mol. The number of likely N-dealkylation sites (tertiary alicyclic amines) is 1. The van der Waals surface area contributed by atoms with Crippen LogP contribution in [0.15, 0.2) is 48.5 Å². The molecule has 0 radical (unpaired) electrons. The van der Waals surface area contributed by atoms with Crippen molar-refractivity contribution in [3.8, 4) is 5.75 Å². The SMILES string of the molecule is Oc1ccc(CN2CCC(c3ccccc3)C2)cc1F. The van der Waals surface area contributed by atoms with Crippen molar-refractivity contribution in [1.29, 1.82) is 0 Å². The van der Waals surface area contributed by atoms with Crippen LogP contribution in [0, 0.1) is 5.82 Å². The second-order valence-electron chi connectivity index (χ2n) is 5.42. The lowest BCUT2D eigenvalue weighted by molar-refractivity contribution is 0.325. The van der Waals surface area contributed by atoms with E-state index < -0.39 is 5.82 Å². The Balaban J connectivity index is 1.64. The minimum Gasteiger partial charge on any atom is -0.505 e. The molecule has 1 aliphatic rings. The zero-order valence-electron chi connectivity index (χ0n) is 11.3. The lowest BCUT2D eigenvalue weighted by Gasteiger charge is -2.16. The lowest BCUT2D eigenvalue weighted by Crippen LogP contribution is -2.19. The maximum atomic E-state index is 13.3. The molecule has 2 aromatic rings. The fourth-order valence-electron chi connectivity index (χ4n) is 2.88. The number of hydrogen-bond donors (Lipinski definition) is 1. The van der Waals surface area contributed by atoms with Crippen LogP contribution in [0.3, 0.4) is 0 Å². The molecule has 1 saturated heterocycles. The lowest BCUT2D eigenvalue weighted by atomic mass is 9.99. The van der Waals surface area contributed by atoms with Gasteiger partial charge in [-0.3, -0.25) is 4.90 Å². The molecule has 1 fully saturated rings. The summed E-state index contributed by atoms with van der Waals surface area (Å²) in [5, 5.41) is 9.21. The molecule has 0 aromatic heterocycles. The van der Waals surface area contributed by atoms with Crippen LogP contribution in [0.4, 0.5) is 4.39 Å². The van der Waals surface area contributed by atoms with E-state index >= 15 is 0 Å². The Bertz CT molecular complexity index is 585. The Morgan fingerprint density at radius 3 is 2.70 bits per heavy atom. The first kappa shape index (κ1) is 13.1. The van der Waals surface area contributed by atoms with Gasteiger partial charge in [0.2, 0.25) is 0 Å². The van der Waals surface area contributed by atoms with E-state index in [0.29, 0.717) is 5.92 Å². The summed E-state index contributed by atoms with van der Waals surface area (Å²) in [5.74, 6) is -0.253. The van der Waals surface area contributed by atoms with Gasteiger partial charge in [-0.25, -0.2) is 4.39 Å². The summed E-state index contributed by atoms with van der Waals surface area (Å²) in [4.78, 5) is 2.34. The molecule has 0 bridgehead atoms. The van der Waals surface area contributed by atoms with Gasteiger partial charge in [0.1, 0.15) is 0 Å². The maximum Gasteiger partial charge on any atom is 0.165 e. The van der Waals surface area contributed by atoms with Gasteiger partial charge in [-0.2, -0.15) is 0 Å². The second kappa shape index (κ2) is 5.63. The molecule has 0 spiro atoms. The summed E-state index contributed by atoms with van der Waals surface area (Å²) in [6.07, 6.45) is 1.14. The monoisotopic (exact) mass is 271 g/mol. The average Bonchev–Trinajstić information content (AvgIpc) is 2.92. The quantitative estimate of drug-likeness (QED) is 0.923. The topological polar surface area (TPSA) is 23.5 Å². The van der Waals surface area contributed by atoms with Gasteiger partial charge in [-0.15, -0.1) is 0 Å². The Morgan fingerprint density at radius 1 is 1.15 bits per heavy atom. The zero-order chi connectivity index (χ0) is 13.9. The number of halogens is 1. The number of aromatic hydroxyl groups is 1. The fourth-order valence-corrected chi connectivity index (χ4v) is 2.88. The van der Waals surface area contributed by atoms with Crippen molar-refractivity contribution in [2.45, 2.75) is 18.9 Å². The molecule has 1 aliphatic heterocycles. The van der Waals surface area contributed by atoms with Crippen LogP contribution in [-0.2, 0) is 6.54 Å². The van der Waals surface area contributed by atoms with Crippen molar-refractivity contribution >= 4 is 0 Å². The van der Waals surface area contributed by atoms with E-state index in [4.69, 9.17) is 0 Å². The van der Waals surface area contributed by atoms with E-state index in [2.05, 4.69) is 29.2 Å². The highest BCUT2D eigenvalue weighted by Crippen LogP contribution is 2.28. The van der Waals surface area contributed by atoms with Gasteiger partial charge in [-0.05, 0) is 42.1 Å². The predicted octanol–water partition coefficient (Wildman–Crippen LogP) is 3.52. The molecule has 3 rings (SSSR count). The maximum absolute atomic E-state index is 13.3. The van der Waals surface area contributed by atoms with Gasteiger partial charge in [0, 0.05) is 13.1 Å². The van der Waals surface area contributed by atoms with Crippen LogP contribution in [0.5, 0.6) is 5.75 Å². The number of nitrogens with zero attached hydrogens (tertiary/aromatic N) is 1. The van der Waals surface area contributed by atoms with Gasteiger partial charge in [0.05, 0.1) is 0 Å².